The summed E-state index contributed by atoms with van der Waals surface area (Å²) < 4.78 is 10.9. The first kappa shape index (κ1) is 22.8. The number of ketones is 1. The van der Waals surface area contributed by atoms with Crippen molar-refractivity contribution in [3.8, 4) is 22.6 Å². The molecule has 1 aliphatic heterocycles. The van der Waals surface area contributed by atoms with Gasteiger partial charge in [-0.15, -0.1) is 11.8 Å². The number of benzene rings is 1. The summed E-state index contributed by atoms with van der Waals surface area (Å²) in [4.78, 5) is 32.4. The number of nitrogens with zero attached hydrogens (tertiary/aromatic N) is 2. The maximum atomic E-state index is 11.9. The number of ether oxygens (including phenoxy) is 2. The van der Waals surface area contributed by atoms with Crippen LogP contribution in [-0.4, -0.2) is 45.7 Å². The van der Waals surface area contributed by atoms with Crippen LogP contribution in [0.25, 0.3) is 11.1 Å². The molecular formula is C24H23N3O5S. The van der Waals surface area contributed by atoms with E-state index in [9.17, 15) is 14.7 Å². The van der Waals surface area contributed by atoms with E-state index in [-0.39, 0.29) is 29.5 Å². The van der Waals surface area contributed by atoms with E-state index in [1.165, 1.54) is 25.8 Å². The SMILES string of the molecule is COC(=O)C1CSC(c2c(O)cccc2OCc2nc(C(C)=O)ccc2-c2ccncc2)N1. The third-order valence-electron chi connectivity index (χ3n) is 5.26. The molecule has 2 N–H and O–H groups in total. The van der Waals surface area contributed by atoms with Crippen molar-refractivity contribution < 1.29 is 24.2 Å². The number of aromatic nitrogens is 2. The van der Waals surface area contributed by atoms with Gasteiger partial charge in [-0.3, -0.25) is 19.9 Å². The van der Waals surface area contributed by atoms with Crippen molar-refractivity contribution in [1.82, 2.24) is 15.3 Å². The van der Waals surface area contributed by atoms with Gasteiger partial charge in [-0.1, -0.05) is 12.1 Å². The molecular weight excluding hydrogens is 442 g/mol. The quantitative estimate of drug-likeness (QED) is 0.400. The summed E-state index contributed by atoms with van der Waals surface area (Å²) in [5.74, 6) is 0.537. The number of nitrogens with one attached hydrogen (secondary N) is 1. The Hall–Kier alpha value is -3.43. The fraction of sp³-hybridized carbons (Fsp3) is 0.250. The molecule has 1 aliphatic rings. The molecule has 2 aromatic heterocycles. The van der Waals surface area contributed by atoms with Gasteiger partial charge in [0.1, 0.15) is 29.8 Å². The lowest BCUT2D eigenvalue weighted by molar-refractivity contribution is -0.142. The number of carbonyl (C=O) groups is 2. The lowest BCUT2D eigenvalue weighted by atomic mass is 10.0. The molecule has 4 rings (SSSR count). The Balaban J connectivity index is 1.63. The molecule has 0 saturated carbocycles. The van der Waals surface area contributed by atoms with Gasteiger partial charge >= 0.3 is 5.97 Å². The van der Waals surface area contributed by atoms with Gasteiger partial charge < -0.3 is 14.6 Å². The molecule has 0 spiro atoms. The number of esters is 1. The molecule has 0 bridgehead atoms. The maximum Gasteiger partial charge on any atom is 0.323 e. The van der Waals surface area contributed by atoms with Crippen LogP contribution >= 0.6 is 11.8 Å². The van der Waals surface area contributed by atoms with Gasteiger partial charge in [-0.05, 0) is 35.9 Å². The number of Topliss-reactive ketones (excluding diaryl/α,β-unsaturated/α-hetero) is 1. The van der Waals surface area contributed by atoms with Crippen LogP contribution in [0.5, 0.6) is 11.5 Å². The molecule has 170 valence electrons. The topological polar surface area (TPSA) is 111 Å². The molecule has 3 heterocycles. The van der Waals surface area contributed by atoms with Crippen LogP contribution in [0, 0.1) is 0 Å². The molecule has 0 aliphatic carbocycles. The van der Waals surface area contributed by atoms with E-state index in [1.54, 1.807) is 36.7 Å². The second-order valence-corrected chi connectivity index (χ2v) is 8.55. The fourth-order valence-electron chi connectivity index (χ4n) is 3.59. The molecule has 3 aromatic rings. The van der Waals surface area contributed by atoms with Crippen LogP contribution in [0.15, 0.2) is 54.9 Å². The Morgan fingerprint density at radius 3 is 2.70 bits per heavy atom. The highest BCUT2D eigenvalue weighted by molar-refractivity contribution is 7.99. The number of hydrogen-bond acceptors (Lipinski definition) is 9. The van der Waals surface area contributed by atoms with Crippen LogP contribution in [0.1, 0.15) is 34.0 Å². The molecule has 8 nitrogen and oxygen atoms in total. The molecule has 9 heteroatoms. The van der Waals surface area contributed by atoms with Crippen molar-refractivity contribution in [3.63, 3.8) is 0 Å². The zero-order valence-corrected chi connectivity index (χ0v) is 19.0. The molecule has 1 saturated heterocycles. The van der Waals surface area contributed by atoms with E-state index in [0.29, 0.717) is 28.5 Å². The number of thioether (sulfide) groups is 1. The first-order valence-electron chi connectivity index (χ1n) is 10.3. The van der Waals surface area contributed by atoms with Crippen molar-refractivity contribution in [2.45, 2.75) is 24.9 Å². The number of methoxy groups -OCH3 is 1. The van der Waals surface area contributed by atoms with E-state index >= 15 is 0 Å². The predicted molar refractivity (Wildman–Crippen MR) is 124 cm³/mol. The Morgan fingerprint density at radius 2 is 1.97 bits per heavy atom. The number of phenolic OH excluding ortho intramolecular Hbond substituents is 1. The summed E-state index contributed by atoms with van der Waals surface area (Å²) in [7, 11) is 1.35. The van der Waals surface area contributed by atoms with E-state index < -0.39 is 6.04 Å². The van der Waals surface area contributed by atoms with Gasteiger partial charge in [0.25, 0.3) is 0 Å². The summed E-state index contributed by atoms with van der Waals surface area (Å²) >= 11 is 1.48. The normalized spacial score (nSPS) is 17.5. The number of hydrogen-bond donors (Lipinski definition) is 2. The van der Waals surface area contributed by atoms with Crippen molar-refractivity contribution in [2.24, 2.45) is 0 Å². The summed E-state index contributed by atoms with van der Waals surface area (Å²) in [5, 5.41) is 13.4. The Morgan fingerprint density at radius 1 is 1.18 bits per heavy atom. The van der Waals surface area contributed by atoms with Crippen molar-refractivity contribution in [1.29, 1.82) is 0 Å². The fourth-order valence-corrected chi connectivity index (χ4v) is 4.87. The van der Waals surface area contributed by atoms with Gasteiger partial charge in [-0.2, -0.15) is 0 Å². The number of phenols is 1. The first-order chi connectivity index (χ1) is 16.0. The minimum Gasteiger partial charge on any atom is -0.507 e. The highest BCUT2D eigenvalue weighted by Crippen LogP contribution is 2.43. The number of pyridine rings is 2. The number of carbonyl (C=O) groups excluding carboxylic acids is 2. The molecule has 2 unspecified atom stereocenters. The van der Waals surface area contributed by atoms with Gasteiger partial charge in [0, 0.05) is 30.6 Å². The minimum atomic E-state index is -0.468. The maximum absolute atomic E-state index is 11.9. The minimum absolute atomic E-state index is 0.0582. The molecule has 2 atom stereocenters. The number of rotatable bonds is 7. The van der Waals surface area contributed by atoms with Crippen LogP contribution < -0.4 is 10.1 Å². The molecule has 1 fully saturated rings. The lowest BCUT2D eigenvalue weighted by Crippen LogP contribution is -2.35. The highest BCUT2D eigenvalue weighted by Gasteiger charge is 2.34. The monoisotopic (exact) mass is 465 g/mol. The van der Waals surface area contributed by atoms with Crippen LogP contribution in [0.4, 0.5) is 0 Å². The zero-order chi connectivity index (χ0) is 23.4. The van der Waals surface area contributed by atoms with Gasteiger partial charge in [-0.25, -0.2) is 4.98 Å². The van der Waals surface area contributed by atoms with E-state index in [2.05, 4.69) is 15.3 Å². The third-order valence-corrected chi connectivity index (χ3v) is 6.49. The molecule has 0 radical (unpaired) electrons. The molecule has 33 heavy (non-hydrogen) atoms. The largest absolute Gasteiger partial charge is 0.507 e. The second-order valence-electron chi connectivity index (χ2n) is 7.42. The smallest absolute Gasteiger partial charge is 0.323 e. The Bertz CT molecular complexity index is 1170. The van der Waals surface area contributed by atoms with E-state index in [1.807, 2.05) is 18.2 Å². The van der Waals surface area contributed by atoms with Crippen molar-refractivity contribution in [3.05, 3.63) is 71.8 Å². The van der Waals surface area contributed by atoms with Crippen molar-refractivity contribution >= 4 is 23.5 Å². The molecule has 1 aromatic carbocycles. The average molecular weight is 466 g/mol. The van der Waals surface area contributed by atoms with Crippen LogP contribution in [-0.2, 0) is 16.1 Å². The second kappa shape index (κ2) is 10.0. The number of aromatic hydroxyl groups is 1. The Kier molecular flexibility index (Phi) is 6.90. The summed E-state index contributed by atoms with van der Waals surface area (Å²) in [6, 6.07) is 11.8. The van der Waals surface area contributed by atoms with Gasteiger partial charge in [0.2, 0.25) is 0 Å². The van der Waals surface area contributed by atoms with E-state index in [4.69, 9.17) is 9.47 Å². The third kappa shape index (κ3) is 4.99. The van der Waals surface area contributed by atoms with Gasteiger partial charge in [0.05, 0.1) is 23.7 Å². The van der Waals surface area contributed by atoms with Crippen LogP contribution in [0.3, 0.4) is 0 Å². The van der Waals surface area contributed by atoms with E-state index in [0.717, 1.165) is 11.1 Å². The first-order valence-corrected chi connectivity index (χ1v) is 11.3. The average Bonchev–Trinajstić information content (AvgIpc) is 3.32. The predicted octanol–water partition coefficient (Wildman–Crippen LogP) is 3.51. The standard InChI is InChI=1S/C24H23N3O5S/c1-14(28)17-7-6-16(15-8-10-25-11-9-15)18(26-17)12-32-21-5-3-4-20(29)22(21)23-27-19(13-33-23)24(30)31-2/h3-11,19,23,27,29H,12-13H2,1-2H3. The Labute approximate surface area is 195 Å². The van der Waals surface area contributed by atoms with Crippen molar-refractivity contribution in [2.75, 3.05) is 12.9 Å². The summed E-state index contributed by atoms with van der Waals surface area (Å²) in [6.45, 7) is 1.54. The summed E-state index contributed by atoms with van der Waals surface area (Å²) in [6.07, 6.45) is 3.37. The lowest BCUT2D eigenvalue weighted by Gasteiger charge is -2.19. The molecule has 0 amide bonds. The summed E-state index contributed by atoms with van der Waals surface area (Å²) in [5.41, 5.74) is 3.20. The van der Waals surface area contributed by atoms with Gasteiger partial charge in [0.15, 0.2) is 5.78 Å². The zero-order valence-electron chi connectivity index (χ0n) is 18.1. The van der Waals surface area contributed by atoms with Crippen LogP contribution in [0.2, 0.25) is 0 Å². The highest BCUT2D eigenvalue weighted by atomic mass is 32.2.